The zero-order chi connectivity index (χ0) is 12.9. The van der Waals surface area contributed by atoms with E-state index in [9.17, 15) is 0 Å². The van der Waals surface area contributed by atoms with Crippen LogP contribution in [0, 0.1) is 6.92 Å². The number of nitrogens with zero attached hydrogens (tertiary/aromatic N) is 1. The van der Waals surface area contributed by atoms with E-state index in [1.54, 1.807) is 0 Å². The summed E-state index contributed by atoms with van der Waals surface area (Å²) in [6.45, 7) is 9.19. The first kappa shape index (κ1) is 14.1. The standard InChI is InChI=1S/C14H24N2O/c1-6-14(4,17-7-2)13(15-5)12-10-16-9-8-11(12)3/h8-10,13,15H,6-7H2,1-5H3. The summed E-state index contributed by atoms with van der Waals surface area (Å²) in [5.41, 5.74) is 2.27. The van der Waals surface area contributed by atoms with Gasteiger partial charge in [0.1, 0.15) is 0 Å². The Morgan fingerprint density at radius 1 is 1.47 bits per heavy atom. The maximum absolute atomic E-state index is 5.95. The molecule has 1 aromatic rings. The Balaban J connectivity index is 3.09. The van der Waals surface area contributed by atoms with Crippen LogP contribution in [0.2, 0.25) is 0 Å². The SMILES string of the molecule is CCOC(C)(CC)C(NC)c1cnccc1C. The number of hydrogen-bond donors (Lipinski definition) is 1. The molecule has 0 aromatic carbocycles. The molecule has 0 amide bonds. The van der Waals surface area contributed by atoms with E-state index < -0.39 is 0 Å². The summed E-state index contributed by atoms with van der Waals surface area (Å²) in [4.78, 5) is 4.23. The van der Waals surface area contributed by atoms with Gasteiger partial charge in [-0.3, -0.25) is 4.98 Å². The maximum Gasteiger partial charge on any atom is 0.0846 e. The second-order valence-electron chi connectivity index (χ2n) is 4.55. The summed E-state index contributed by atoms with van der Waals surface area (Å²) in [5, 5.41) is 3.37. The van der Waals surface area contributed by atoms with Gasteiger partial charge in [-0.2, -0.15) is 0 Å². The van der Waals surface area contributed by atoms with E-state index >= 15 is 0 Å². The molecule has 2 unspecified atom stereocenters. The van der Waals surface area contributed by atoms with Crippen molar-refractivity contribution in [2.75, 3.05) is 13.7 Å². The molecule has 2 atom stereocenters. The van der Waals surface area contributed by atoms with Crippen LogP contribution in [-0.2, 0) is 4.74 Å². The van der Waals surface area contributed by atoms with Crippen molar-refractivity contribution < 1.29 is 4.74 Å². The number of aromatic nitrogens is 1. The van der Waals surface area contributed by atoms with Gasteiger partial charge < -0.3 is 10.1 Å². The first-order valence-electron chi connectivity index (χ1n) is 6.30. The van der Waals surface area contributed by atoms with Gasteiger partial charge in [-0.05, 0) is 51.4 Å². The highest BCUT2D eigenvalue weighted by molar-refractivity contribution is 5.27. The molecule has 0 aliphatic heterocycles. The van der Waals surface area contributed by atoms with Crippen LogP contribution in [0.3, 0.4) is 0 Å². The fourth-order valence-corrected chi connectivity index (χ4v) is 2.29. The number of aryl methyl sites for hydroxylation is 1. The van der Waals surface area contributed by atoms with Crippen molar-refractivity contribution >= 4 is 0 Å². The highest BCUT2D eigenvalue weighted by atomic mass is 16.5. The molecular formula is C14H24N2O. The van der Waals surface area contributed by atoms with Crippen LogP contribution >= 0.6 is 0 Å². The van der Waals surface area contributed by atoms with Crippen molar-refractivity contribution in [1.82, 2.24) is 10.3 Å². The van der Waals surface area contributed by atoms with E-state index in [1.807, 2.05) is 32.4 Å². The minimum atomic E-state index is -0.197. The Morgan fingerprint density at radius 3 is 2.65 bits per heavy atom. The molecule has 1 N–H and O–H groups in total. The third-order valence-electron chi connectivity index (χ3n) is 3.47. The molecule has 0 saturated carbocycles. The molecule has 0 aliphatic rings. The van der Waals surface area contributed by atoms with Crippen molar-refractivity contribution in [3.8, 4) is 0 Å². The minimum Gasteiger partial charge on any atom is -0.374 e. The zero-order valence-corrected chi connectivity index (χ0v) is 11.6. The number of hydrogen-bond acceptors (Lipinski definition) is 3. The zero-order valence-electron chi connectivity index (χ0n) is 11.6. The van der Waals surface area contributed by atoms with Crippen molar-refractivity contribution in [2.24, 2.45) is 0 Å². The van der Waals surface area contributed by atoms with Gasteiger partial charge >= 0.3 is 0 Å². The lowest BCUT2D eigenvalue weighted by molar-refractivity contribution is -0.0549. The van der Waals surface area contributed by atoms with Crippen LogP contribution in [0.15, 0.2) is 18.5 Å². The summed E-state index contributed by atoms with van der Waals surface area (Å²) >= 11 is 0. The fourth-order valence-electron chi connectivity index (χ4n) is 2.29. The molecule has 1 heterocycles. The molecule has 0 bridgehead atoms. The molecule has 96 valence electrons. The van der Waals surface area contributed by atoms with E-state index in [0.717, 1.165) is 13.0 Å². The van der Waals surface area contributed by atoms with E-state index in [-0.39, 0.29) is 11.6 Å². The summed E-state index contributed by atoms with van der Waals surface area (Å²) in [7, 11) is 1.98. The molecule has 3 nitrogen and oxygen atoms in total. The predicted octanol–water partition coefficient (Wildman–Crippen LogP) is 2.86. The van der Waals surface area contributed by atoms with Gasteiger partial charge in [0, 0.05) is 19.0 Å². The van der Waals surface area contributed by atoms with E-state index in [4.69, 9.17) is 4.74 Å². The van der Waals surface area contributed by atoms with Crippen LogP contribution in [-0.4, -0.2) is 24.2 Å². The largest absolute Gasteiger partial charge is 0.374 e. The summed E-state index contributed by atoms with van der Waals surface area (Å²) in [5.74, 6) is 0. The third-order valence-corrected chi connectivity index (χ3v) is 3.47. The van der Waals surface area contributed by atoms with Gasteiger partial charge in [0.15, 0.2) is 0 Å². The molecule has 0 saturated heterocycles. The second-order valence-corrected chi connectivity index (χ2v) is 4.55. The Kier molecular flexibility index (Phi) is 5.09. The number of likely N-dealkylation sites (N-methyl/N-ethyl adjacent to an activating group) is 1. The Labute approximate surface area is 105 Å². The molecule has 0 aliphatic carbocycles. The van der Waals surface area contributed by atoms with Gasteiger partial charge in [0.2, 0.25) is 0 Å². The monoisotopic (exact) mass is 236 g/mol. The second kappa shape index (κ2) is 6.12. The average molecular weight is 236 g/mol. The van der Waals surface area contributed by atoms with Crippen LogP contribution in [0.5, 0.6) is 0 Å². The van der Waals surface area contributed by atoms with Gasteiger partial charge in [-0.1, -0.05) is 6.92 Å². The fraction of sp³-hybridized carbons (Fsp3) is 0.643. The van der Waals surface area contributed by atoms with E-state index in [2.05, 4.69) is 31.1 Å². The number of nitrogens with one attached hydrogen (secondary N) is 1. The van der Waals surface area contributed by atoms with Crippen LogP contribution in [0.25, 0.3) is 0 Å². The highest BCUT2D eigenvalue weighted by Crippen LogP contribution is 2.32. The first-order valence-corrected chi connectivity index (χ1v) is 6.30. The summed E-state index contributed by atoms with van der Waals surface area (Å²) in [6.07, 6.45) is 4.72. The molecular weight excluding hydrogens is 212 g/mol. The normalized spacial score (nSPS) is 16.5. The Morgan fingerprint density at radius 2 is 2.18 bits per heavy atom. The molecule has 0 fully saturated rings. The lowest BCUT2D eigenvalue weighted by atomic mass is 9.86. The van der Waals surface area contributed by atoms with Crippen LogP contribution in [0.4, 0.5) is 0 Å². The highest BCUT2D eigenvalue weighted by Gasteiger charge is 2.34. The number of pyridine rings is 1. The summed E-state index contributed by atoms with van der Waals surface area (Å²) in [6, 6.07) is 2.21. The molecule has 0 radical (unpaired) electrons. The molecule has 1 aromatic heterocycles. The summed E-state index contributed by atoms with van der Waals surface area (Å²) < 4.78 is 5.95. The molecule has 17 heavy (non-hydrogen) atoms. The quantitative estimate of drug-likeness (QED) is 0.824. The van der Waals surface area contributed by atoms with Gasteiger partial charge in [-0.15, -0.1) is 0 Å². The number of ether oxygens (including phenoxy) is 1. The Hall–Kier alpha value is -0.930. The predicted molar refractivity (Wildman–Crippen MR) is 71.1 cm³/mol. The van der Waals surface area contributed by atoms with Crippen molar-refractivity contribution in [3.05, 3.63) is 29.6 Å². The lowest BCUT2D eigenvalue weighted by Crippen LogP contribution is -2.42. The van der Waals surface area contributed by atoms with Gasteiger partial charge in [-0.25, -0.2) is 0 Å². The Bertz CT molecular complexity index is 354. The molecule has 3 heteroatoms. The average Bonchev–Trinajstić information content (AvgIpc) is 2.33. The van der Waals surface area contributed by atoms with E-state index in [1.165, 1.54) is 11.1 Å². The van der Waals surface area contributed by atoms with Crippen molar-refractivity contribution in [2.45, 2.75) is 45.8 Å². The first-order chi connectivity index (χ1) is 8.09. The number of rotatable bonds is 6. The van der Waals surface area contributed by atoms with Crippen molar-refractivity contribution in [1.29, 1.82) is 0 Å². The van der Waals surface area contributed by atoms with Gasteiger partial charge in [0.25, 0.3) is 0 Å². The van der Waals surface area contributed by atoms with Crippen LogP contribution in [0.1, 0.15) is 44.4 Å². The lowest BCUT2D eigenvalue weighted by Gasteiger charge is -2.37. The third kappa shape index (κ3) is 3.05. The maximum atomic E-state index is 5.95. The molecule has 1 rings (SSSR count). The van der Waals surface area contributed by atoms with Crippen LogP contribution < -0.4 is 5.32 Å². The topological polar surface area (TPSA) is 34.1 Å². The van der Waals surface area contributed by atoms with Gasteiger partial charge in [0.05, 0.1) is 11.6 Å². The van der Waals surface area contributed by atoms with Crippen molar-refractivity contribution in [3.63, 3.8) is 0 Å². The van der Waals surface area contributed by atoms with E-state index in [0.29, 0.717) is 0 Å². The molecule has 0 spiro atoms. The smallest absolute Gasteiger partial charge is 0.0846 e. The minimum absolute atomic E-state index is 0.168.